The largest absolute Gasteiger partial charge is 0.478 e. The fourth-order valence-corrected chi connectivity index (χ4v) is 3.16. The van der Waals surface area contributed by atoms with Crippen LogP contribution in [0.4, 0.5) is 0 Å². The third-order valence-electron chi connectivity index (χ3n) is 4.64. The van der Waals surface area contributed by atoms with Crippen molar-refractivity contribution in [3.05, 3.63) is 107 Å². The Morgan fingerprint density at radius 3 is 2.00 bits per heavy atom. The van der Waals surface area contributed by atoms with E-state index in [4.69, 9.17) is 4.74 Å². The topological polar surface area (TPSA) is 83.8 Å². The SMILES string of the molecule is O=C(O)c1cc(Oc2ccccc2C#Cc2cccc3ccccc23)cc(C(=O)O)c1. The summed E-state index contributed by atoms with van der Waals surface area (Å²) in [6, 6.07) is 24.6. The summed E-state index contributed by atoms with van der Waals surface area (Å²) in [6.07, 6.45) is 0. The highest BCUT2D eigenvalue weighted by Gasteiger charge is 2.13. The minimum Gasteiger partial charge on any atom is -0.478 e. The van der Waals surface area contributed by atoms with E-state index in [0.717, 1.165) is 22.4 Å². The van der Waals surface area contributed by atoms with E-state index >= 15 is 0 Å². The Hall–Kier alpha value is -4.56. The molecule has 0 aliphatic heterocycles. The number of rotatable bonds is 4. The monoisotopic (exact) mass is 408 g/mol. The fraction of sp³-hybridized carbons (Fsp3) is 0. The molecule has 4 aromatic carbocycles. The van der Waals surface area contributed by atoms with Gasteiger partial charge >= 0.3 is 11.9 Å². The van der Waals surface area contributed by atoms with Crippen LogP contribution in [0.2, 0.25) is 0 Å². The lowest BCUT2D eigenvalue weighted by Crippen LogP contribution is -2.03. The summed E-state index contributed by atoms with van der Waals surface area (Å²) in [5.41, 5.74) is 1.12. The molecular weight excluding hydrogens is 392 g/mol. The molecule has 150 valence electrons. The molecule has 0 atom stereocenters. The zero-order valence-corrected chi connectivity index (χ0v) is 16.2. The van der Waals surface area contributed by atoms with Crippen molar-refractivity contribution in [2.24, 2.45) is 0 Å². The molecule has 4 rings (SSSR count). The average Bonchev–Trinajstić information content (AvgIpc) is 2.78. The molecule has 5 nitrogen and oxygen atoms in total. The first-order valence-corrected chi connectivity index (χ1v) is 9.39. The van der Waals surface area contributed by atoms with Crippen LogP contribution < -0.4 is 4.74 Å². The second kappa shape index (κ2) is 8.44. The molecule has 0 aliphatic rings. The van der Waals surface area contributed by atoms with Crippen molar-refractivity contribution >= 4 is 22.7 Å². The maximum atomic E-state index is 11.3. The summed E-state index contributed by atoms with van der Waals surface area (Å²) < 4.78 is 5.84. The van der Waals surface area contributed by atoms with Crippen molar-refractivity contribution in [2.75, 3.05) is 0 Å². The van der Waals surface area contributed by atoms with Crippen molar-refractivity contribution in [3.8, 4) is 23.3 Å². The lowest BCUT2D eigenvalue weighted by Gasteiger charge is -2.09. The molecule has 0 fully saturated rings. The molecule has 0 bridgehead atoms. The molecule has 0 radical (unpaired) electrons. The summed E-state index contributed by atoms with van der Waals surface area (Å²) in [7, 11) is 0. The smallest absolute Gasteiger partial charge is 0.335 e. The number of aromatic carboxylic acids is 2. The minimum absolute atomic E-state index is 0.108. The van der Waals surface area contributed by atoms with E-state index in [1.807, 2.05) is 48.5 Å². The molecule has 5 heteroatoms. The van der Waals surface area contributed by atoms with Crippen LogP contribution in [0.1, 0.15) is 31.8 Å². The van der Waals surface area contributed by atoms with Crippen LogP contribution in [0.3, 0.4) is 0 Å². The fourth-order valence-electron chi connectivity index (χ4n) is 3.16. The summed E-state index contributed by atoms with van der Waals surface area (Å²) >= 11 is 0. The molecule has 2 N–H and O–H groups in total. The average molecular weight is 408 g/mol. The van der Waals surface area contributed by atoms with Crippen LogP contribution in [0.25, 0.3) is 10.8 Å². The number of ether oxygens (including phenoxy) is 1. The highest BCUT2D eigenvalue weighted by molar-refractivity contribution is 5.94. The lowest BCUT2D eigenvalue weighted by atomic mass is 10.0. The standard InChI is InChI=1S/C26H16O5/c27-25(28)20-14-21(26(29)30)16-22(15-20)31-24-11-4-2-7-19(24)13-12-18-9-5-8-17-6-1-3-10-23(17)18/h1-11,14-16H,(H,27,28)(H,29,30). The van der Waals surface area contributed by atoms with Gasteiger partial charge in [-0.05, 0) is 47.2 Å². The molecule has 4 aromatic rings. The summed E-state index contributed by atoms with van der Waals surface area (Å²) in [5, 5.41) is 20.7. The van der Waals surface area contributed by atoms with Crippen LogP contribution in [-0.2, 0) is 0 Å². The van der Waals surface area contributed by atoms with Gasteiger partial charge < -0.3 is 14.9 Å². The van der Waals surface area contributed by atoms with Crippen molar-refractivity contribution < 1.29 is 24.5 Å². The maximum absolute atomic E-state index is 11.3. The second-order valence-corrected chi connectivity index (χ2v) is 6.73. The Bertz CT molecular complexity index is 1340. The van der Waals surface area contributed by atoms with Crippen LogP contribution in [0.5, 0.6) is 11.5 Å². The zero-order valence-electron chi connectivity index (χ0n) is 16.2. The molecule has 0 saturated heterocycles. The van der Waals surface area contributed by atoms with Gasteiger partial charge in [-0.25, -0.2) is 9.59 Å². The van der Waals surface area contributed by atoms with Gasteiger partial charge in [0, 0.05) is 5.56 Å². The third-order valence-corrected chi connectivity index (χ3v) is 4.64. The molecule has 0 heterocycles. The minimum atomic E-state index is -1.24. The van der Waals surface area contributed by atoms with Crippen LogP contribution in [0.15, 0.2) is 84.9 Å². The predicted molar refractivity (Wildman–Crippen MR) is 117 cm³/mol. The Morgan fingerprint density at radius 2 is 1.26 bits per heavy atom. The van der Waals surface area contributed by atoms with E-state index in [1.54, 1.807) is 18.2 Å². The van der Waals surface area contributed by atoms with Crippen molar-refractivity contribution in [1.29, 1.82) is 0 Å². The van der Waals surface area contributed by atoms with E-state index in [9.17, 15) is 19.8 Å². The highest BCUT2D eigenvalue weighted by Crippen LogP contribution is 2.27. The molecule has 0 unspecified atom stereocenters. The van der Waals surface area contributed by atoms with Gasteiger partial charge in [-0.3, -0.25) is 0 Å². The number of carboxylic acids is 2. The van der Waals surface area contributed by atoms with Crippen LogP contribution >= 0.6 is 0 Å². The number of hydrogen-bond acceptors (Lipinski definition) is 3. The molecule has 31 heavy (non-hydrogen) atoms. The molecule has 0 spiro atoms. The number of carboxylic acid groups (broad SMARTS) is 2. The Labute approximate surface area is 178 Å². The number of carbonyl (C=O) groups is 2. The lowest BCUT2D eigenvalue weighted by molar-refractivity contribution is 0.0696. The number of hydrogen-bond donors (Lipinski definition) is 2. The van der Waals surface area contributed by atoms with Gasteiger partial charge in [0.15, 0.2) is 0 Å². The Kier molecular flexibility index (Phi) is 5.37. The van der Waals surface area contributed by atoms with E-state index in [1.165, 1.54) is 12.1 Å². The Balaban J connectivity index is 1.72. The molecule has 0 saturated carbocycles. The quantitative estimate of drug-likeness (QED) is 0.440. The van der Waals surface area contributed by atoms with E-state index in [0.29, 0.717) is 11.3 Å². The predicted octanol–water partition coefficient (Wildman–Crippen LogP) is 5.43. The first-order valence-electron chi connectivity index (χ1n) is 9.39. The van der Waals surface area contributed by atoms with Gasteiger partial charge in [0.05, 0.1) is 16.7 Å². The maximum Gasteiger partial charge on any atom is 0.335 e. The first-order chi connectivity index (χ1) is 15.0. The van der Waals surface area contributed by atoms with Gasteiger partial charge in [0.2, 0.25) is 0 Å². The van der Waals surface area contributed by atoms with E-state index < -0.39 is 11.9 Å². The number of benzene rings is 4. The van der Waals surface area contributed by atoms with Crippen molar-refractivity contribution in [2.45, 2.75) is 0 Å². The molecular formula is C26H16O5. The first kappa shape index (κ1) is 19.7. The summed E-state index contributed by atoms with van der Waals surface area (Å²) in [4.78, 5) is 22.7. The van der Waals surface area contributed by atoms with Crippen LogP contribution in [-0.4, -0.2) is 22.2 Å². The Morgan fingerprint density at radius 1 is 0.677 bits per heavy atom. The zero-order chi connectivity index (χ0) is 21.8. The number of fused-ring (bicyclic) bond motifs is 1. The van der Waals surface area contributed by atoms with Gasteiger partial charge in [0.25, 0.3) is 0 Å². The summed E-state index contributed by atoms with van der Waals surface area (Å²) in [6.45, 7) is 0. The van der Waals surface area contributed by atoms with Gasteiger partial charge in [-0.15, -0.1) is 0 Å². The second-order valence-electron chi connectivity index (χ2n) is 6.73. The normalized spacial score (nSPS) is 10.2. The van der Waals surface area contributed by atoms with Gasteiger partial charge in [-0.2, -0.15) is 0 Å². The van der Waals surface area contributed by atoms with Gasteiger partial charge in [0.1, 0.15) is 11.5 Å². The molecule has 0 aliphatic carbocycles. The van der Waals surface area contributed by atoms with Gasteiger partial charge in [-0.1, -0.05) is 60.4 Å². The third kappa shape index (κ3) is 4.39. The molecule has 0 amide bonds. The van der Waals surface area contributed by atoms with Crippen LogP contribution in [0, 0.1) is 11.8 Å². The summed E-state index contributed by atoms with van der Waals surface area (Å²) in [5.74, 6) is 4.31. The molecule has 0 aromatic heterocycles. The van der Waals surface area contributed by atoms with E-state index in [2.05, 4.69) is 11.8 Å². The highest BCUT2D eigenvalue weighted by atomic mass is 16.5. The number of para-hydroxylation sites is 1. The van der Waals surface area contributed by atoms with Crippen molar-refractivity contribution in [3.63, 3.8) is 0 Å². The van der Waals surface area contributed by atoms with E-state index in [-0.39, 0.29) is 16.9 Å². The van der Waals surface area contributed by atoms with Crippen molar-refractivity contribution in [1.82, 2.24) is 0 Å².